The summed E-state index contributed by atoms with van der Waals surface area (Å²) in [6.07, 6.45) is 1.21. The van der Waals surface area contributed by atoms with E-state index in [9.17, 15) is 31.2 Å². The number of anilines is 2. The van der Waals surface area contributed by atoms with E-state index in [-0.39, 0.29) is 17.5 Å². The first kappa shape index (κ1) is 24.0. The normalized spacial score (nSPS) is 19.0. The van der Waals surface area contributed by atoms with Crippen molar-refractivity contribution < 1.29 is 31.2 Å². The number of benzene rings is 2. The molecule has 1 atom stereocenters. The molecule has 0 aliphatic carbocycles. The summed E-state index contributed by atoms with van der Waals surface area (Å²) in [6.45, 7) is 7.45. The van der Waals surface area contributed by atoms with Gasteiger partial charge in [0.25, 0.3) is 11.8 Å². The van der Waals surface area contributed by atoms with Gasteiger partial charge in [-0.3, -0.25) is 9.59 Å². The zero-order chi connectivity index (χ0) is 25.1. The molecule has 0 radical (unpaired) electrons. The van der Waals surface area contributed by atoms with E-state index in [0.717, 1.165) is 10.3 Å². The summed E-state index contributed by atoms with van der Waals surface area (Å²) in [5, 5.41) is 3.40. The van der Waals surface area contributed by atoms with Gasteiger partial charge in [0.15, 0.2) is 27.3 Å². The Morgan fingerprint density at radius 2 is 1.47 bits per heavy atom. The number of sulfone groups is 1. The molecule has 0 fully saturated rings. The van der Waals surface area contributed by atoms with Crippen molar-refractivity contribution in [2.75, 3.05) is 16.0 Å². The highest BCUT2D eigenvalue weighted by Gasteiger charge is 2.46. The first-order valence-electron chi connectivity index (χ1n) is 10.7. The number of carbonyl (C=O) groups excluding carboxylic acids is 2. The largest absolute Gasteiger partial charge is 0.375 e. The van der Waals surface area contributed by atoms with Crippen molar-refractivity contribution in [1.82, 2.24) is 0 Å². The van der Waals surface area contributed by atoms with Gasteiger partial charge in [-0.15, -0.1) is 0 Å². The molecule has 2 aromatic carbocycles. The van der Waals surface area contributed by atoms with Gasteiger partial charge in [-0.2, -0.15) is 0 Å². The number of nitrogens with one attached hydrogen (secondary N) is 1. The Bertz CT molecular complexity index is 1340. The van der Waals surface area contributed by atoms with Crippen LogP contribution in [0.1, 0.15) is 71.4 Å². The van der Waals surface area contributed by atoms with Crippen molar-refractivity contribution in [1.29, 1.82) is 0 Å². The maximum Gasteiger partial charge on any atom is 0.269 e. The SMILES string of the molecule is CC(C)c1cccc(C(C)C)c1N1C(=O)c2c(F)c(F)c(F)c(N[C@@H]3C=CS(=O)(=O)C3)c2C1=O. The lowest BCUT2D eigenvalue weighted by atomic mass is 9.92. The van der Waals surface area contributed by atoms with E-state index in [1.165, 1.54) is 6.08 Å². The van der Waals surface area contributed by atoms with Crippen LogP contribution < -0.4 is 10.2 Å². The summed E-state index contributed by atoms with van der Waals surface area (Å²) in [5.41, 5.74) is -0.748. The van der Waals surface area contributed by atoms with Crippen LogP contribution in [0.15, 0.2) is 29.7 Å². The van der Waals surface area contributed by atoms with Gasteiger partial charge in [-0.1, -0.05) is 52.0 Å². The van der Waals surface area contributed by atoms with Gasteiger partial charge in [0.05, 0.1) is 34.3 Å². The Balaban J connectivity index is 1.93. The molecule has 10 heteroatoms. The van der Waals surface area contributed by atoms with Gasteiger partial charge in [0, 0.05) is 5.41 Å². The summed E-state index contributed by atoms with van der Waals surface area (Å²) in [6, 6.07) is 4.27. The minimum absolute atomic E-state index is 0.122. The fourth-order valence-electron chi connectivity index (χ4n) is 4.35. The zero-order valence-electron chi connectivity index (χ0n) is 18.9. The first-order chi connectivity index (χ1) is 15.9. The minimum atomic E-state index is -3.56. The van der Waals surface area contributed by atoms with Crippen LogP contribution in [0.4, 0.5) is 24.5 Å². The molecule has 34 heavy (non-hydrogen) atoms. The summed E-state index contributed by atoms with van der Waals surface area (Å²) in [4.78, 5) is 27.7. The molecule has 0 saturated heterocycles. The van der Waals surface area contributed by atoms with Crippen molar-refractivity contribution in [3.8, 4) is 0 Å². The van der Waals surface area contributed by atoms with Crippen LogP contribution in [0.25, 0.3) is 0 Å². The van der Waals surface area contributed by atoms with Gasteiger partial charge in [-0.25, -0.2) is 26.5 Å². The molecule has 2 heterocycles. The molecular weight excluding hydrogens is 469 g/mol. The molecule has 0 spiro atoms. The number of imide groups is 1. The number of hydrogen-bond acceptors (Lipinski definition) is 5. The molecule has 2 aliphatic heterocycles. The van der Waals surface area contributed by atoms with Crippen LogP contribution in [-0.4, -0.2) is 32.0 Å². The molecule has 6 nitrogen and oxygen atoms in total. The average molecular weight is 493 g/mol. The molecule has 0 aromatic heterocycles. The molecule has 1 N–H and O–H groups in total. The maximum atomic E-state index is 14.9. The van der Waals surface area contributed by atoms with E-state index in [2.05, 4.69) is 5.32 Å². The molecule has 0 unspecified atom stereocenters. The van der Waals surface area contributed by atoms with E-state index < -0.39 is 67.7 Å². The van der Waals surface area contributed by atoms with Crippen molar-refractivity contribution in [3.05, 3.63) is 69.4 Å². The maximum absolute atomic E-state index is 14.9. The summed E-state index contributed by atoms with van der Waals surface area (Å²) in [7, 11) is -3.56. The van der Waals surface area contributed by atoms with Crippen molar-refractivity contribution >= 4 is 33.0 Å². The van der Waals surface area contributed by atoms with E-state index in [1.807, 2.05) is 27.7 Å². The predicted molar refractivity (Wildman–Crippen MR) is 122 cm³/mol. The van der Waals surface area contributed by atoms with E-state index >= 15 is 0 Å². The highest BCUT2D eigenvalue weighted by molar-refractivity contribution is 7.94. The lowest BCUT2D eigenvalue weighted by Gasteiger charge is -2.25. The Labute approximate surface area is 195 Å². The second-order valence-corrected chi connectivity index (χ2v) is 10.9. The highest BCUT2D eigenvalue weighted by Crippen LogP contribution is 2.43. The number of nitrogens with zero attached hydrogens (tertiary/aromatic N) is 1. The lowest BCUT2D eigenvalue weighted by molar-refractivity contribution is 0.0924. The Kier molecular flexibility index (Phi) is 5.83. The number of amides is 2. The van der Waals surface area contributed by atoms with E-state index in [4.69, 9.17) is 0 Å². The molecule has 180 valence electrons. The van der Waals surface area contributed by atoms with Gasteiger partial charge in [0.1, 0.15) is 0 Å². The number of hydrogen-bond donors (Lipinski definition) is 1. The first-order valence-corrected chi connectivity index (χ1v) is 12.5. The third-order valence-corrected chi connectivity index (χ3v) is 7.38. The number of halogens is 3. The quantitative estimate of drug-likeness (QED) is 0.476. The van der Waals surface area contributed by atoms with Crippen LogP contribution in [0.3, 0.4) is 0 Å². The van der Waals surface area contributed by atoms with E-state index in [0.29, 0.717) is 11.1 Å². The summed E-state index contributed by atoms with van der Waals surface area (Å²) >= 11 is 0. The number of carbonyl (C=O) groups is 2. The number of fused-ring (bicyclic) bond motifs is 1. The highest BCUT2D eigenvalue weighted by atomic mass is 32.2. The second kappa shape index (κ2) is 8.26. The Hall–Kier alpha value is -3.14. The van der Waals surface area contributed by atoms with Crippen molar-refractivity contribution in [2.24, 2.45) is 0 Å². The van der Waals surface area contributed by atoms with Crippen LogP contribution in [0.5, 0.6) is 0 Å². The van der Waals surface area contributed by atoms with Gasteiger partial charge in [0.2, 0.25) is 0 Å². The summed E-state index contributed by atoms with van der Waals surface area (Å²) < 4.78 is 67.7. The van der Waals surface area contributed by atoms with Crippen LogP contribution in [0.2, 0.25) is 0 Å². The lowest BCUT2D eigenvalue weighted by Crippen LogP contribution is -2.32. The Morgan fingerprint density at radius 1 is 0.912 bits per heavy atom. The van der Waals surface area contributed by atoms with Crippen LogP contribution in [-0.2, 0) is 9.84 Å². The fourth-order valence-corrected chi connectivity index (χ4v) is 5.59. The second-order valence-electron chi connectivity index (χ2n) is 9.02. The smallest absolute Gasteiger partial charge is 0.269 e. The molecule has 2 aromatic rings. The minimum Gasteiger partial charge on any atom is -0.375 e. The molecule has 2 amide bonds. The third kappa shape index (κ3) is 3.70. The number of para-hydroxylation sites is 1. The molecule has 0 saturated carbocycles. The van der Waals surface area contributed by atoms with Crippen molar-refractivity contribution in [2.45, 2.75) is 45.6 Å². The fraction of sp³-hybridized carbons (Fsp3) is 0.333. The predicted octanol–water partition coefficient (Wildman–Crippen LogP) is 4.87. The summed E-state index contributed by atoms with van der Waals surface area (Å²) in [5.74, 6) is -8.20. The van der Waals surface area contributed by atoms with Crippen molar-refractivity contribution in [3.63, 3.8) is 0 Å². The van der Waals surface area contributed by atoms with Gasteiger partial charge >= 0.3 is 0 Å². The molecule has 0 bridgehead atoms. The zero-order valence-corrected chi connectivity index (χ0v) is 19.8. The molecule has 4 rings (SSSR count). The Morgan fingerprint density at radius 3 is 1.97 bits per heavy atom. The van der Waals surface area contributed by atoms with Crippen LogP contribution in [0, 0.1) is 17.5 Å². The third-order valence-electron chi connectivity index (χ3n) is 5.98. The number of rotatable bonds is 5. The van der Waals surface area contributed by atoms with Gasteiger partial charge < -0.3 is 5.32 Å². The topological polar surface area (TPSA) is 83.6 Å². The monoisotopic (exact) mass is 492 g/mol. The average Bonchev–Trinajstić information content (AvgIpc) is 3.23. The molecular formula is C24H23F3N2O4S. The van der Waals surface area contributed by atoms with Crippen LogP contribution >= 0.6 is 0 Å². The van der Waals surface area contributed by atoms with E-state index in [1.54, 1.807) is 18.2 Å². The standard InChI is InChI=1S/C24H23F3N2O4S/c1-11(2)14-6-5-7-15(12(3)4)22(14)29-23(30)16-17(24(29)31)21(20(27)19(26)18(16)25)28-13-8-9-34(32,33)10-13/h5-9,11-13,28H,10H2,1-4H3/t13-/m1/s1. The molecule has 2 aliphatic rings. The van der Waals surface area contributed by atoms with Gasteiger partial charge in [-0.05, 0) is 23.0 Å².